The van der Waals surface area contributed by atoms with Crippen molar-refractivity contribution in [3.05, 3.63) is 53.1 Å². The van der Waals surface area contributed by atoms with Crippen LogP contribution in [0.2, 0.25) is 0 Å². The number of piperidine rings is 1. The number of hydrogen-bond donors (Lipinski definition) is 1. The van der Waals surface area contributed by atoms with Crippen LogP contribution in [0.1, 0.15) is 70.1 Å². The van der Waals surface area contributed by atoms with Crippen LogP contribution in [0.4, 0.5) is 5.69 Å². The standard InChI is InChI=1S/C25H29N3O6S/c1-3-4-14-28-24(30)19-10-8-17(15-20(19)25(28)31)23(29)26-21-16-18(9-11-22(21)34-2)35(32,33)27-12-6-5-7-13-27/h8-11,15-16H,3-7,12-14H2,1-2H3,(H,26,29). The zero-order valence-electron chi connectivity index (χ0n) is 19.9. The molecule has 35 heavy (non-hydrogen) atoms. The fourth-order valence-corrected chi connectivity index (χ4v) is 5.89. The molecule has 0 bridgehead atoms. The number of imide groups is 1. The van der Waals surface area contributed by atoms with Gasteiger partial charge in [0, 0.05) is 25.2 Å². The van der Waals surface area contributed by atoms with Gasteiger partial charge in [0.1, 0.15) is 5.75 Å². The molecule has 2 heterocycles. The Kier molecular flexibility index (Phi) is 7.23. The lowest BCUT2D eigenvalue weighted by Gasteiger charge is -2.26. The summed E-state index contributed by atoms with van der Waals surface area (Å²) in [5.41, 5.74) is 0.832. The van der Waals surface area contributed by atoms with E-state index in [-0.39, 0.29) is 33.2 Å². The summed E-state index contributed by atoms with van der Waals surface area (Å²) >= 11 is 0. The normalized spacial score (nSPS) is 16.3. The monoisotopic (exact) mass is 499 g/mol. The van der Waals surface area contributed by atoms with Crippen molar-refractivity contribution >= 4 is 33.4 Å². The Morgan fingerprint density at radius 1 is 1.00 bits per heavy atom. The van der Waals surface area contributed by atoms with Crippen molar-refractivity contribution < 1.29 is 27.5 Å². The Morgan fingerprint density at radius 3 is 2.40 bits per heavy atom. The fourth-order valence-electron chi connectivity index (χ4n) is 4.35. The van der Waals surface area contributed by atoms with E-state index in [4.69, 9.17) is 4.74 Å². The summed E-state index contributed by atoms with van der Waals surface area (Å²) < 4.78 is 33.0. The van der Waals surface area contributed by atoms with Crippen molar-refractivity contribution in [3.8, 4) is 5.75 Å². The summed E-state index contributed by atoms with van der Waals surface area (Å²) in [7, 11) is -2.28. The summed E-state index contributed by atoms with van der Waals surface area (Å²) in [4.78, 5) is 39.6. The van der Waals surface area contributed by atoms with Gasteiger partial charge in [-0.3, -0.25) is 19.3 Å². The highest BCUT2D eigenvalue weighted by Crippen LogP contribution is 2.31. The van der Waals surface area contributed by atoms with E-state index in [0.29, 0.717) is 31.8 Å². The number of methoxy groups -OCH3 is 1. The van der Waals surface area contributed by atoms with Gasteiger partial charge in [0.2, 0.25) is 10.0 Å². The molecule has 0 unspecified atom stereocenters. The Morgan fingerprint density at radius 2 is 1.71 bits per heavy atom. The van der Waals surface area contributed by atoms with E-state index in [1.165, 1.54) is 52.7 Å². The van der Waals surface area contributed by atoms with E-state index in [9.17, 15) is 22.8 Å². The number of unbranched alkanes of at least 4 members (excludes halogenated alkanes) is 1. The molecule has 0 aliphatic carbocycles. The van der Waals surface area contributed by atoms with Gasteiger partial charge < -0.3 is 10.1 Å². The van der Waals surface area contributed by atoms with E-state index in [1.807, 2.05) is 6.92 Å². The highest BCUT2D eigenvalue weighted by Gasteiger charge is 2.35. The Bertz CT molecular complexity index is 1270. The number of nitrogens with zero attached hydrogens (tertiary/aromatic N) is 2. The average molecular weight is 500 g/mol. The first-order chi connectivity index (χ1) is 16.8. The molecule has 1 fully saturated rings. The number of ether oxygens (including phenoxy) is 1. The molecule has 2 aliphatic rings. The highest BCUT2D eigenvalue weighted by molar-refractivity contribution is 7.89. The van der Waals surface area contributed by atoms with Gasteiger partial charge in [0.15, 0.2) is 0 Å². The zero-order chi connectivity index (χ0) is 25.2. The molecule has 0 radical (unpaired) electrons. The topological polar surface area (TPSA) is 113 Å². The summed E-state index contributed by atoms with van der Waals surface area (Å²) in [6.45, 7) is 3.24. The zero-order valence-corrected chi connectivity index (χ0v) is 20.7. The SMILES string of the molecule is CCCCN1C(=O)c2ccc(C(=O)Nc3cc(S(=O)(=O)N4CCCCC4)ccc3OC)cc2C1=O. The Hall–Kier alpha value is -3.24. The van der Waals surface area contributed by atoms with Crippen LogP contribution < -0.4 is 10.1 Å². The minimum absolute atomic E-state index is 0.0665. The highest BCUT2D eigenvalue weighted by atomic mass is 32.2. The van der Waals surface area contributed by atoms with Crippen LogP contribution in [0.5, 0.6) is 5.75 Å². The second kappa shape index (κ2) is 10.2. The first-order valence-corrected chi connectivity index (χ1v) is 13.2. The molecular weight excluding hydrogens is 470 g/mol. The number of hydrogen-bond acceptors (Lipinski definition) is 6. The van der Waals surface area contributed by atoms with Crippen LogP contribution in [0.3, 0.4) is 0 Å². The molecule has 2 aromatic carbocycles. The molecule has 0 saturated carbocycles. The van der Waals surface area contributed by atoms with E-state index in [0.717, 1.165) is 25.7 Å². The van der Waals surface area contributed by atoms with Crippen molar-refractivity contribution in [2.75, 3.05) is 32.1 Å². The van der Waals surface area contributed by atoms with Crippen LogP contribution in [0.25, 0.3) is 0 Å². The molecule has 0 spiro atoms. The maximum atomic E-state index is 13.1. The molecule has 1 saturated heterocycles. The minimum atomic E-state index is -3.71. The van der Waals surface area contributed by atoms with Gasteiger partial charge in [-0.2, -0.15) is 4.31 Å². The number of benzene rings is 2. The van der Waals surface area contributed by atoms with Crippen LogP contribution in [0.15, 0.2) is 41.3 Å². The molecule has 2 aromatic rings. The number of carbonyl (C=O) groups excluding carboxylic acids is 3. The second-order valence-corrected chi connectivity index (χ2v) is 10.6. The molecular formula is C25H29N3O6S. The Labute approximate surface area is 205 Å². The number of nitrogens with one attached hydrogen (secondary N) is 1. The largest absolute Gasteiger partial charge is 0.495 e. The van der Waals surface area contributed by atoms with Crippen LogP contribution >= 0.6 is 0 Å². The summed E-state index contributed by atoms with van der Waals surface area (Å²) in [5, 5.41) is 2.70. The molecule has 2 aliphatic heterocycles. The number of rotatable bonds is 8. The molecule has 9 nitrogen and oxygen atoms in total. The summed E-state index contributed by atoms with van der Waals surface area (Å²) in [6.07, 6.45) is 4.18. The number of carbonyl (C=O) groups is 3. The molecule has 1 N–H and O–H groups in total. The van der Waals surface area contributed by atoms with Gasteiger partial charge in [0.05, 0.1) is 28.8 Å². The van der Waals surface area contributed by atoms with E-state index >= 15 is 0 Å². The van der Waals surface area contributed by atoms with Gasteiger partial charge in [-0.1, -0.05) is 19.8 Å². The minimum Gasteiger partial charge on any atom is -0.495 e. The van der Waals surface area contributed by atoms with Crippen LogP contribution in [0, 0.1) is 0 Å². The molecule has 186 valence electrons. The lowest BCUT2D eigenvalue weighted by molar-refractivity contribution is 0.0652. The van der Waals surface area contributed by atoms with E-state index in [1.54, 1.807) is 0 Å². The maximum absolute atomic E-state index is 13.1. The predicted octanol–water partition coefficient (Wildman–Crippen LogP) is 3.52. The first-order valence-electron chi connectivity index (χ1n) is 11.8. The third-order valence-corrected chi connectivity index (χ3v) is 8.23. The van der Waals surface area contributed by atoms with Crippen LogP contribution in [-0.4, -0.2) is 62.1 Å². The average Bonchev–Trinajstić information content (AvgIpc) is 3.11. The van der Waals surface area contributed by atoms with Crippen molar-refractivity contribution in [1.29, 1.82) is 0 Å². The first kappa shape index (κ1) is 24.9. The molecule has 3 amide bonds. The fraction of sp³-hybridized carbons (Fsp3) is 0.400. The molecule has 0 atom stereocenters. The number of sulfonamides is 1. The number of amides is 3. The smallest absolute Gasteiger partial charge is 0.261 e. The van der Waals surface area contributed by atoms with Crippen molar-refractivity contribution in [2.45, 2.75) is 43.9 Å². The second-order valence-electron chi connectivity index (χ2n) is 8.66. The van der Waals surface area contributed by atoms with Gasteiger partial charge in [0.25, 0.3) is 17.7 Å². The lowest BCUT2D eigenvalue weighted by atomic mass is 10.1. The maximum Gasteiger partial charge on any atom is 0.261 e. The third kappa shape index (κ3) is 4.81. The third-order valence-electron chi connectivity index (χ3n) is 6.34. The lowest BCUT2D eigenvalue weighted by Crippen LogP contribution is -2.35. The molecule has 0 aromatic heterocycles. The van der Waals surface area contributed by atoms with Gasteiger partial charge in [-0.25, -0.2) is 8.42 Å². The van der Waals surface area contributed by atoms with Crippen molar-refractivity contribution in [1.82, 2.24) is 9.21 Å². The van der Waals surface area contributed by atoms with Gasteiger partial charge in [-0.05, 0) is 55.7 Å². The molecule has 4 rings (SSSR count). The molecule has 10 heteroatoms. The van der Waals surface area contributed by atoms with Crippen molar-refractivity contribution in [2.24, 2.45) is 0 Å². The van der Waals surface area contributed by atoms with Gasteiger partial charge >= 0.3 is 0 Å². The van der Waals surface area contributed by atoms with E-state index in [2.05, 4.69) is 5.32 Å². The van der Waals surface area contributed by atoms with E-state index < -0.39 is 21.8 Å². The predicted molar refractivity (Wildman–Crippen MR) is 130 cm³/mol. The summed E-state index contributed by atoms with van der Waals surface area (Å²) in [5.74, 6) is -1.03. The number of fused-ring (bicyclic) bond motifs is 1. The number of anilines is 1. The van der Waals surface area contributed by atoms with Gasteiger partial charge in [-0.15, -0.1) is 0 Å². The van der Waals surface area contributed by atoms with Crippen molar-refractivity contribution in [3.63, 3.8) is 0 Å². The summed E-state index contributed by atoms with van der Waals surface area (Å²) in [6, 6.07) is 8.70. The van der Waals surface area contributed by atoms with Crippen LogP contribution in [-0.2, 0) is 10.0 Å². The Balaban J connectivity index is 1.59. The quantitative estimate of drug-likeness (QED) is 0.556.